The fourth-order valence-corrected chi connectivity index (χ4v) is 3.90. The van der Waals surface area contributed by atoms with Crippen molar-refractivity contribution in [1.29, 1.82) is 0 Å². The van der Waals surface area contributed by atoms with Crippen LogP contribution in [0.1, 0.15) is 36.5 Å². The number of aryl methyl sites for hydroxylation is 1. The lowest BCUT2D eigenvalue weighted by Crippen LogP contribution is -2.54. The molecule has 0 spiro atoms. The zero-order valence-electron chi connectivity index (χ0n) is 18.8. The van der Waals surface area contributed by atoms with Crippen LogP contribution in [0, 0.1) is 0 Å². The summed E-state index contributed by atoms with van der Waals surface area (Å²) in [6.07, 6.45) is 2.96. The van der Waals surface area contributed by atoms with E-state index < -0.39 is 6.09 Å². The first-order chi connectivity index (χ1) is 15.5. The van der Waals surface area contributed by atoms with Crippen LogP contribution in [0.2, 0.25) is 0 Å². The van der Waals surface area contributed by atoms with Crippen molar-refractivity contribution in [2.45, 2.75) is 45.1 Å². The lowest BCUT2D eigenvalue weighted by atomic mass is 10.1. The SMILES string of the molecule is CCc1ccc(CCNC(=O)N2CCC(NN(CCc3ccccc3)C(=O)O)CC2)cc1. The average molecular weight is 439 g/mol. The molecule has 172 valence electrons. The number of nitrogens with zero attached hydrogens (tertiary/aromatic N) is 2. The van der Waals surface area contributed by atoms with E-state index in [9.17, 15) is 14.7 Å². The molecule has 0 saturated carbocycles. The molecule has 1 aliphatic heterocycles. The second-order valence-corrected chi connectivity index (χ2v) is 8.21. The normalized spacial score (nSPS) is 14.2. The van der Waals surface area contributed by atoms with Crippen LogP contribution in [-0.4, -0.2) is 59.4 Å². The van der Waals surface area contributed by atoms with Gasteiger partial charge in [-0.25, -0.2) is 20.0 Å². The molecule has 7 nitrogen and oxygen atoms in total. The smallest absolute Gasteiger partial charge is 0.421 e. The maximum Gasteiger partial charge on any atom is 0.421 e. The molecule has 3 amide bonds. The summed E-state index contributed by atoms with van der Waals surface area (Å²) in [6, 6.07) is 18.4. The van der Waals surface area contributed by atoms with E-state index in [1.807, 2.05) is 35.2 Å². The molecule has 1 heterocycles. The van der Waals surface area contributed by atoms with E-state index in [0.29, 0.717) is 32.6 Å². The summed E-state index contributed by atoms with van der Waals surface area (Å²) in [5.74, 6) is 0. The molecule has 1 aliphatic rings. The quantitative estimate of drug-likeness (QED) is 0.521. The lowest BCUT2D eigenvalue weighted by molar-refractivity contribution is 0.0948. The summed E-state index contributed by atoms with van der Waals surface area (Å²) >= 11 is 0. The Bertz CT molecular complexity index is 849. The topological polar surface area (TPSA) is 84.9 Å². The van der Waals surface area contributed by atoms with Crippen molar-refractivity contribution in [3.63, 3.8) is 0 Å². The number of benzene rings is 2. The summed E-state index contributed by atoms with van der Waals surface area (Å²) in [6.45, 7) is 4.35. The lowest BCUT2D eigenvalue weighted by Gasteiger charge is -2.35. The molecule has 1 fully saturated rings. The number of piperidine rings is 1. The molecular weight excluding hydrogens is 404 g/mol. The Morgan fingerprint density at radius 3 is 2.22 bits per heavy atom. The van der Waals surface area contributed by atoms with E-state index in [1.54, 1.807) is 0 Å². The van der Waals surface area contributed by atoms with Crippen LogP contribution in [-0.2, 0) is 19.3 Å². The molecule has 0 aliphatic carbocycles. The molecule has 0 aromatic heterocycles. The van der Waals surface area contributed by atoms with Crippen molar-refractivity contribution in [3.8, 4) is 0 Å². The molecule has 0 radical (unpaired) electrons. The highest BCUT2D eigenvalue weighted by molar-refractivity contribution is 5.74. The molecule has 2 aromatic carbocycles. The average Bonchev–Trinajstić information content (AvgIpc) is 2.83. The number of carbonyl (C=O) groups excluding carboxylic acids is 1. The molecule has 7 heteroatoms. The zero-order valence-corrected chi connectivity index (χ0v) is 18.8. The first kappa shape index (κ1) is 23.6. The summed E-state index contributed by atoms with van der Waals surface area (Å²) in [5, 5.41) is 13.8. The standard InChI is InChI=1S/C25H34N4O3/c1-2-20-8-10-22(11-9-20)12-16-26-24(30)28-17-14-23(15-18-28)27-29(25(31)32)19-13-21-6-4-3-5-7-21/h3-11,23,27H,2,12-19H2,1H3,(H,26,30)(H,31,32). The van der Waals surface area contributed by atoms with Gasteiger partial charge < -0.3 is 15.3 Å². The molecule has 3 rings (SSSR count). The van der Waals surface area contributed by atoms with E-state index in [-0.39, 0.29) is 12.1 Å². The number of hydrogen-bond donors (Lipinski definition) is 3. The van der Waals surface area contributed by atoms with Crippen molar-refractivity contribution in [2.24, 2.45) is 0 Å². The maximum atomic E-state index is 12.5. The third-order valence-electron chi connectivity index (χ3n) is 5.94. The maximum absolute atomic E-state index is 12.5. The number of hydrazine groups is 1. The Balaban J connectivity index is 1.37. The van der Waals surface area contributed by atoms with Gasteiger partial charge in [-0.1, -0.05) is 61.5 Å². The predicted molar refractivity (Wildman–Crippen MR) is 126 cm³/mol. The number of amides is 3. The third-order valence-corrected chi connectivity index (χ3v) is 5.94. The molecular formula is C25H34N4O3. The van der Waals surface area contributed by atoms with Crippen LogP contribution in [0.4, 0.5) is 9.59 Å². The van der Waals surface area contributed by atoms with E-state index in [1.165, 1.54) is 16.1 Å². The summed E-state index contributed by atoms with van der Waals surface area (Å²) in [7, 11) is 0. The van der Waals surface area contributed by atoms with Crippen molar-refractivity contribution < 1.29 is 14.7 Å². The third kappa shape index (κ3) is 7.27. The summed E-state index contributed by atoms with van der Waals surface area (Å²) in [5.41, 5.74) is 6.77. The van der Waals surface area contributed by atoms with Crippen LogP contribution in [0.5, 0.6) is 0 Å². The molecule has 2 aromatic rings. The monoisotopic (exact) mass is 438 g/mol. The second-order valence-electron chi connectivity index (χ2n) is 8.21. The van der Waals surface area contributed by atoms with Gasteiger partial charge in [0.25, 0.3) is 0 Å². The number of carboxylic acid groups (broad SMARTS) is 1. The van der Waals surface area contributed by atoms with E-state index in [4.69, 9.17) is 0 Å². The molecule has 0 bridgehead atoms. The van der Waals surface area contributed by atoms with Gasteiger partial charge in [0.1, 0.15) is 0 Å². The second kappa shape index (κ2) is 12.1. The fourth-order valence-electron chi connectivity index (χ4n) is 3.90. The Labute approximate surface area is 190 Å². The van der Waals surface area contributed by atoms with Crippen LogP contribution in [0.15, 0.2) is 54.6 Å². The first-order valence-electron chi connectivity index (χ1n) is 11.5. The van der Waals surface area contributed by atoms with Gasteiger partial charge in [0.05, 0.1) is 0 Å². The Morgan fingerprint density at radius 1 is 0.969 bits per heavy atom. The minimum atomic E-state index is -0.979. The van der Waals surface area contributed by atoms with Crippen molar-refractivity contribution >= 4 is 12.1 Å². The van der Waals surface area contributed by atoms with Gasteiger partial charge in [-0.3, -0.25) is 0 Å². The Hall–Kier alpha value is -3.06. The number of rotatable bonds is 9. The van der Waals surface area contributed by atoms with E-state index in [0.717, 1.165) is 31.2 Å². The van der Waals surface area contributed by atoms with Gasteiger partial charge in [-0.2, -0.15) is 0 Å². The number of urea groups is 1. The number of nitrogens with one attached hydrogen (secondary N) is 2. The minimum absolute atomic E-state index is 0.0444. The largest absolute Gasteiger partial charge is 0.464 e. The van der Waals surface area contributed by atoms with E-state index >= 15 is 0 Å². The highest BCUT2D eigenvalue weighted by atomic mass is 16.4. The Kier molecular flexibility index (Phi) is 8.92. The van der Waals surface area contributed by atoms with E-state index in [2.05, 4.69) is 41.9 Å². The first-order valence-corrected chi connectivity index (χ1v) is 11.5. The van der Waals surface area contributed by atoms with Gasteiger partial charge >= 0.3 is 12.1 Å². The van der Waals surface area contributed by atoms with Gasteiger partial charge in [-0.05, 0) is 48.8 Å². The number of hydrogen-bond acceptors (Lipinski definition) is 3. The Morgan fingerprint density at radius 2 is 1.59 bits per heavy atom. The number of carbonyl (C=O) groups is 2. The molecule has 0 unspecified atom stereocenters. The highest BCUT2D eigenvalue weighted by Gasteiger charge is 2.25. The summed E-state index contributed by atoms with van der Waals surface area (Å²) < 4.78 is 0. The van der Waals surface area contributed by atoms with Crippen LogP contribution in [0.3, 0.4) is 0 Å². The molecule has 3 N–H and O–H groups in total. The highest BCUT2D eigenvalue weighted by Crippen LogP contribution is 2.12. The fraction of sp³-hybridized carbons (Fsp3) is 0.440. The van der Waals surface area contributed by atoms with Gasteiger partial charge in [0.15, 0.2) is 0 Å². The predicted octanol–water partition coefficient (Wildman–Crippen LogP) is 3.69. The minimum Gasteiger partial charge on any atom is -0.464 e. The van der Waals surface area contributed by atoms with Gasteiger partial charge in [-0.15, -0.1) is 0 Å². The summed E-state index contributed by atoms with van der Waals surface area (Å²) in [4.78, 5) is 25.9. The number of likely N-dealkylation sites (tertiary alicyclic amines) is 1. The van der Waals surface area contributed by atoms with Crippen LogP contribution in [0.25, 0.3) is 0 Å². The van der Waals surface area contributed by atoms with Crippen LogP contribution < -0.4 is 10.7 Å². The van der Waals surface area contributed by atoms with Crippen molar-refractivity contribution in [2.75, 3.05) is 26.2 Å². The molecule has 32 heavy (non-hydrogen) atoms. The molecule has 1 saturated heterocycles. The zero-order chi connectivity index (χ0) is 22.8. The van der Waals surface area contributed by atoms with Gasteiger partial charge in [0, 0.05) is 32.2 Å². The van der Waals surface area contributed by atoms with Gasteiger partial charge in [0.2, 0.25) is 0 Å². The van der Waals surface area contributed by atoms with Crippen LogP contribution >= 0.6 is 0 Å². The van der Waals surface area contributed by atoms with Crippen molar-refractivity contribution in [1.82, 2.24) is 20.7 Å². The van der Waals surface area contributed by atoms with Crippen molar-refractivity contribution in [3.05, 3.63) is 71.3 Å². The molecule has 0 atom stereocenters.